The Morgan fingerprint density at radius 2 is 1.64 bits per heavy atom. The second-order valence-electron chi connectivity index (χ2n) is 10.4. The van der Waals surface area contributed by atoms with E-state index in [1.807, 2.05) is 74.5 Å². The molecule has 0 radical (unpaired) electrons. The van der Waals surface area contributed by atoms with Crippen molar-refractivity contribution in [2.24, 2.45) is 0 Å². The predicted molar refractivity (Wildman–Crippen MR) is 160 cm³/mol. The molecular formula is C32H36BrClN2O3. The van der Waals surface area contributed by atoms with Gasteiger partial charge in [-0.3, -0.25) is 9.59 Å². The van der Waals surface area contributed by atoms with Crippen LogP contribution in [0, 0.1) is 13.8 Å². The Hall–Kier alpha value is -2.83. The number of benzene rings is 3. The van der Waals surface area contributed by atoms with Gasteiger partial charge < -0.3 is 15.0 Å². The van der Waals surface area contributed by atoms with E-state index >= 15 is 0 Å². The summed E-state index contributed by atoms with van der Waals surface area (Å²) in [5, 5.41) is 3.85. The molecule has 1 aliphatic rings. The Morgan fingerprint density at radius 1 is 0.974 bits per heavy atom. The first-order valence-electron chi connectivity index (χ1n) is 13.6. The lowest BCUT2D eigenvalue weighted by Gasteiger charge is -2.33. The minimum Gasteiger partial charge on any atom is -0.484 e. The van der Waals surface area contributed by atoms with E-state index < -0.39 is 6.04 Å². The zero-order valence-corrected chi connectivity index (χ0v) is 24.9. The molecule has 0 aromatic heterocycles. The van der Waals surface area contributed by atoms with E-state index in [-0.39, 0.29) is 31.0 Å². The SMILES string of the molecule is Cc1cc(OCC(=O)N(Cc2cccc(Cl)c2)[C@H](Cc2ccccc2)C(=O)NC2CCCCC2)cc(C)c1Br. The molecule has 3 aromatic rings. The molecule has 0 unspecified atom stereocenters. The lowest BCUT2D eigenvalue weighted by Crippen LogP contribution is -2.53. The molecule has 0 spiro atoms. The van der Waals surface area contributed by atoms with Gasteiger partial charge in [0.1, 0.15) is 11.8 Å². The first kappa shape index (κ1) is 29.2. The zero-order chi connectivity index (χ0) is 27.8. The molecule has 0 saturated heterocycles. The van der Waals surface area contributed by atoms with Crippen molar-refractivity contribution in [2.45, 2.75) is 71.0 Å². The molecular weight excluding hydrogens is 576 g/mol. The summed E-state index contributed by atoms with van der Waals surface area (Å²) in [4.78, 5) is 29.3. The Morgan fingerprint density at radius 3 is 2.31 bits per heavy atom. The van der Waals surface area contributed by atoms with Gasteiger partial charge in [-0.25, -0.2) is 0 Å². The number of nitrogens with one attached hydrogen (secondary N) is 1. The predicted octanol–water partition coefficient (Wildman–Crippen LogP) is 7.19. The smallest absolute Gasteiger partial charge is 0.261 e. The minimum absolute atomic E-state index is 0.128. The molecule has 1 N–H and O–H groups in total. The largest absolute Gasteiger partial charge is 0.484 e. The van der Waals surface area contributed by atoms with Gasteiger partial charge in [0, 0.05) is 28.5 Å². The van der Waals surface area contributed by atoms with Crippen LogP contribution in [0.15, 0.2) is 71.2 Å². The molecule has 3 aromatic carbocycles. The van der Waals surface area contributed by atoms with Crippen molar-refractivity contribution in [1.29, 1.82) is 0 Å². The topological polar surface area (TPSA) is 58.6 Å². The van der Waals surface area contributed by atoms with Crippen LogP contribution in [0.1, 0.15) is 54.4 Å². The zero-order valence-electron chi connectivity index (χ0n) is 22.6. The summed E-state index contributed by atoms with van der Waals surface area (Å²) in [6, 6.07) is 20.5. The van der Waals surface area contributed by atoms with Gasteiger partial charge >= 0.3 is 0 Å². The van der Waals surface area contributed by atoms with Crippen molar-refractivity contribution in [2.75, 3.05) is 6.61 Å². The van der Waals surface area contributed by atoms with Gasteiger partial charge in [-0.1, -0.05) is 89.3 Å². The normalized spacial score (nSPS) is 14.5. The van der Waals surface area contributed by atoms with Crippen molar-refractivity contribution in [3.05, 3.63) is 98.5 Å². The second-order valence-corrected chi connectivity index (χ2v) is 11.6. The molecule has 5 nitrogen and oxygen atoms in total. The van der Waals surface area contributed by atoms with Gasteiger partial charge in [-0.15, -0.1) is 0 Å². The summed E-state index contributed by atoms with van der Waals surface area (Å²) < 4.78 is 7.01. The van der Waals surface area contributed by atoms with Crippen LogP contribution in [0.5, 0.6) is 5.75 Å². The van der Waals surface area contributed by atoms with Crippen LogP contribution >= 0.6 is 27.5 Å². The fourth-order valence-electron chi connectivity index (χ4n) is 5.15. The lowest BCUT2D eigenvalue weighted by molar-refractivity contribution is -0.143. The Labute approximate surface area is 245 Å². The molecule has 1 saturated carbocycles. The number of nitrogens with zero attached hydrogens (tertiary/aromatic N) is 1. The highest BCUT2D eigenvalue weighted by Crippen LogP contribution is 2.27. The van der Waals surface area contributed by atoms with Crippen molar-refractivity contribution < 1.29 is 14.3 Å². The number of carbonyl (C=O) groups excluding carboxylic acids is 2. The van der Waals surface area contributed by atoms with Gasteiger partial charge in [0.15, 0.2) is 6.61 Å². The van der Waals surface area contributed by atoms with E-state index in [1.165, 1.54) is 6.42 Å². The van der Waals surface area contributed by atoms with Crippen LogP contribution in [0.3, 0.4) is 0 Å². The number of hydrogen-bond donors (Lipinski definition) is 1. The summed E-state index contributed by atoms with van der Waals surface area (Å²) in [6.45, 7) is 4.05. The molecule has 4 rings (SSSR count). The van der Waals surface area contributed by atoms with Crippen LogP contribution in [-0.4, -0.2) is 35.4 Å². The van der Waals surface area contributed by atoms with Crippen molar-refractivity contribution in [3.8, 4) is 5.75 Å². The molecule has 1 aliphatic carbocycles. The van der Waals surface area contributed by atoms with Gasteiger partial charge in [-0.05, 0) is 73.2 Å². The number of rotatable bonds is 10. The fourth-order valence-corrected chi connectivity index (χ4v) is 5.59. The van der Waals surface area contributed by atoms with Crippen molar-refractivity contribution in [1.82, 2.24) is 10.2 Å². The Kier molecular flexibility index (Phi) is 10.5. The van der Waals surface area contributed by atoms with E-state index in [9.17, 15) is 9.59 Å². The molecule has 0 bridgehead atoms. The average molecular weight is 612 g/mol. The third-order valence-electron chi connectivity index (χ3n) is 7.24. The molecule has 1 fully saturated rings. The van der Waals surface area contributed by atoms with E-state index in [0.717, 1.165) is 52.4 Å². The maximum Gasteiger partial charge on any atom is 0.261 e. The maximum absolute atomic E-state index is 13.8. The van der Waals surface area contributed by atoms with E-state index in [2.05, 4.69) is 21.2 Å². The van der Waals surface area contributed by atoms with Crippen LogP contribution in [-0.2, 0) is 22.6 Å². The standard InChI is InChI=1S/C32H36BrClN2O3/c1-22-16-28(17-23(2)31(22)33)39-21-30(37)36(20-25-12-9-13-26(34)18-25)29(19-24-10-5-3-6-11-24)32(38)35-27-14-7-4-8-15-27/h3,5-6,9-13,16-18,27,29H,4,7-8,14-15,19-21H2,1-2H3,(H,35,38)/t29-/m1/s1. The minimum atomic E-state index is -0.696. The van der Waals surface area contributed by atoms with Crippen LogP contribution < -0.4 is 10.1 Å². The van der Waals surface area contributed by atoms with Crippen LogP contribution in [0.25, 0.3) is 0 Å². The number of halogens is 2. The number of amides is 2. The number of ether oxygens (including phenoxy) is 1. The fraction of sp³-hybridized carbons (Fsp3) is 0.375. The highest BCUT2D eigenvalue weighted by Gasteiger charge is 2.32. The maximum atomic E-state index is 13.8. The molecule has 7 heteroatoms. The van der Waals surface area contributed by atoms with Crippen molar-refractivity contribution >= 4 is 39.3 Å². The number of carbonyl (C=O) groups is 2. The molecule has 0 heterocycles. The molecule has 0 aliphatic heterocycles. The van der Waals surface area contributed by atoms with Gasteiger partial charge in [0.2, 0.25) is 5.91 Å². The number of aryl methyl sites for hydroxylation is 2. The molecule has 39 heavy (non-hydrogen) atoms. The molecule has 2 amide bonds. The quantitative estimate of drug-likeness (QED) is 0.264. The first-order valence-corrected chi connectivity index (χ1v) is 14.7. The average Bonchev–Trinajstić information content (AvgIpc) is 2.93. The summed E-state index contributed by atoms with van der Waals surface area (Å²) in [6.07, 6.45) is 5.77. The van der Waals surface area contributed by atoms with E-state index in [4.69, 9.17) is 16.3 Å². The van der Waals surface area contributed by atoms with Gasteiger partial charge in [-0.2, -0.15) is 0 Å². The second kappa shape index (κ2) is 14.0. The Balaban J connectivity index is 1.62. The summed E-state index contributed by atoms with van der Waals surface area (Å²) in [5.74, 6) is 0.236. The molecule has 206 valence electrons. The molecule has 1 atom stereocenters. The Bertz CT molecular complexity index is 1250. The summed E-state index contributed by atoms with van der Waals surface area (Å²) in [7, 11) is 0. The monoisotopic (exact) mass is 610 g/mol. The van der Waals surface area contributed by atoms with Crippen molar-refractivity contribution in [3.63, 3.8) is 0 Å². The van der Waals surface area contributed by atoms with Crippen LogP contribution in [0.4, 0.5) is 0 Å². The lowest BCUT2D eigenvalue weighted by atomic mass is 9.94. The summed E-state index contributed by atoms with van der Waals surface area (Å²) >= 11 is 9.86. The van der Waals surface area contributed by atoms with Gasteiger partial charge in [0.25, 0.3) is 5.91 Å². The van der Waals surface area contributed by atoms with E-state index in [1.54, 1.807) is 11.0 Å². The first-order chi connectivity index (χ1) is 18.8. The highest BCUT2D eigenvalue weighted by atomic mass is 79.9. The van der Waals surface area contributed by atoms with Gasteiger partial charge in [0.05, 0.1) is 0 Å². The highest BCUT2D eigenvalue weighted by molar-refractivity contribution is 9.10. The third-order valence-corrected chi connectivity index (χ3v) is 8.72. The van der Waals surface area contributed by atoms with Crippen LogP contribution in [0.2, 0.25) is 5.02 Å². The number of hydrogen-bond acceptors (Lipinski definition) is 3. The van der Waals surface area contributed by atoms with E-state index in [0.29, 0.717) is 17.2 Å². The summed E-state index contributed by atoms with van der Waals surface area (Å²) in [5.41, 5.74) is 3.91. The third kappa shape index (κ3) is 8.33.